The molecule has 3 aromatic rings. The van der Waals surface area contributed by atoms with E-state index < -0.39 is 7.12 Å². The molecule has 0 aliphatic rings. The number of methoxy groups -OCH3 is 2. The van der Waals surface area contributed by atoms with Gasteiger partial charge in [0, 0.05) is 23.5 Å². The lowest BCUT2D eigenvalue weighted by Crippen LogP contribution is -2.32. The number of pyridine rings is 1. The number of aromatic nitrogens is 1. The SMILES string of the molecule is COc1c(C)cc(-c2cncc(-c3c(B(O)O)cc(C)c(OC)c3C)c2)cc1C. The van der Waals surface area contributed by atoms with Crippen LogP contribution < -0.4 is 14.9 Å². The zero-order chi connectivity index (χ0) is 21.3. The van der Waals surface area contributed by atoms with Crippen LogP contribution in [0.1, 0.15) is 22.3 Å². The van der Waals surface area contributed by atoms with Gasteiger partial charge in [-0.05, 0) is 84.7 Å². The van der Waals surface area contributed by atoms with Gasteiger partial charge in [0.2, 0.25) is 0 Å². The molecule has 0 aliphatic carbocycles. The minimum absolute atomic E-state index is 0.432. The summed E-state index contributed by atoms with van der Waals surface area (Å²) in [6, 6.07) is 7.89. The van der Waals surface area contributed by atoms with Crippen LogP contribution in [0.25, 0.3) is 22.3 Å². The number of hydrogen-bond donors (Lipinski definition) is 2. The van der Waals surface area contributed by atoms with Crippen molar-refractivity contribution in [1.29, 1.82) is 0 Å². The van der Waals surface area contributed by atoms with Crippen molar-refractivity contribution in [3.05, 3.63) is 58.9 Å². The number of aryl methyl sites for hydroxylation is 3. The Bertz CT molecular complexity index is 1040. The first-order valence-electron chi connectivity index (χ1n) is 9.43. The molecular weight excluding hydrogens is 365 g/mol. The minimum Gasteiger partial charge on any atom is -0.496 e. The number of hydrogen-bond acceptors (Lipinski definition) is 5. The van der Waals surface area contributed by atoms with E-state index in [9.17, 15) is 10.0 Å². The molecule has 0 aliphatic heterocycles. The van der Waals surface area contributed by atoms with Gasteiger partial charge in [0.05, 0.1) is 14.2 Å². The largest absolute Gasteiger partial charge is 0.496 e. The molecule has 0 radical (unpaired) electrons. The smallest absolute Gasteiger partial charge is 0.489 e. The normalized spacial score (nSPS) is 10.8. The second-order valence-corrected chi connectivity index (χ2v) is 7.30. The van der Waals surface area contributed by atoms with Crippen molar-refractivity contribution in [1.82, 2.24) is 4.98 Å². The van der Waals surface area contributed by atoms with Crippen LogP contribution in [0.4, 0.5) is 0 Å². The molecule has 0 fully saturated rings. The zero-order valence-electron chi connectivity index (χ0n) is 17.7. The third-order valence-corrected chi connectivity index (χ3v) is 5.24. The van der Waals surface area contributed by atoms with Crippen LogP contribution in [0.2, 0.25) is 0 Å². The first-order valence-corrected chi connectivity index (χ1v) is 9.43. The summed E-state index contributed by atoms with van der Waals surface area (Å²) in [5.74, 6) is 1.61. The monoisotopic (exact) mass is 391 g/mol. The highest BCUT2D eigenvalue weighted by Crippen LogP contribution is 2.34. The van der Waals surface area contributed by atoms with Gasteiger partial charge in [-0.15, -0.1) is 0 Å². The van der Waals surface area contributed by atoms with Gasteiger partial charge < -0.3 is 19.5 Å². The van der Waals surface area contributed by atoms with E-state index >= 15 is 0 Å². The van der Waals surface area contributed by atoms with E-state index in [0.717, 1.165) is 56.0 Å². The van der Waals surface area contributed by atoms with Crippen molar-refractivity contribution in [2.24, 2.45) is 0 Å². The maximum Gasteiger partial charge on any atom is 0.489 e. The summed E-state index contributed by atoms with van der Waals surface area (Å²) in [6.45, 7) is 7.84. The molecule has 0 saturated carbocycles. The summed E-state index contributed by atoms with van der Waals surface area (Å²) in [7, 11) is 1.69. The van der Waals surface area contributed by atoms with Gasteiger partial charge in [-0.3, -0.25) is 4.98 Å². The summed E-state index contributed by atoms with van der Waals surface area (Å²) in [5.41, 5.74) is 7.71. The Morgan fingerprint density at radius 1 is 0.724 bits per heavy atom. The average Bonchev–Trinajstić information content (AvgIpc) is 2.67. The lowest BCUT2D eigenvalue weighted by molar-refractivity contribution is 0.408. The Hall–Kier alpha value is -2.83. The number of ether oxygens (including phenoxy) is 2. The Morgan fingerprint density at radius 2 is 1.28 bits per heavy atom. The molecule has 1 aromatic heterocycles. The highest BCUT2D eigenvalue weighted by molar-refractivity contribution is 6.60. The molecule has 6 heteroatoms. The van der Waals surface area contributed by atoms with Crippen molar-refractivity contribution in [2.45, 2.75) is 27.7 Å². The van der Waals surface area contributed by atoms with Crippen LogP contribution in [0.3, 0.4) is 0 Å². The van der Waals surface area contributed by atoms with Gasteiger partial charge in [-0.2, -0.15) is 0 Å². The highest BCUT2D eigenvalue weighted by atomic mass is 16.5. The van der Waals surface area contributed by atoms with Crippen LogP contribution in [0.5, 0.6) is 11.5 Å². The molecule has 0 bridgehead atoms. The minimum atomic E-state index is -1.59. The lowest BCUT2D eigenvalue weighted by atomic mass is 9.73. The van der Waals surface area contributed by atoms with Gasteiger partial charge in [-0.1, -0.05) is 6.07 Å². The van der Waals surface area contributed by atoms with Crippen molar-refractivity contribution < 1.29 is 19.5 Å². The van der Waals surface area contributed by atoms with E-state index in [4.69, 9.17) is 9.47 Å². The zero-order valence-corrected chi connectivity index (χ0v) is 17.7. The first kappa shape index (κ1) is 20.9. The molecule has 5 nitrogen and oxygen atoms in total. The molecule has 0 amide bonds. The number of nitrogens with zero attached hydrogens (tertiary/aromatic N) is 1. The van der Waals surface area contributed by atoms with Gasteiger partial charge in [0.1, 0.15) is 11.5 Å². The quantitative estimate of drug-likeness (QED) is 0.653. The fourth-order valence-electron chi connectivity index (χ4n) is 4.07. The molecule has 2 N–H and O–H groups in total. The molecular formula is C23H26BNO4. The van der Waals surface area contributed by atoms with E-state index in [1.807, 2.05) is 33.8 Å². The first-order chi connectivity index (χ1) is 13.8. The summed E-state index contributed by atoms with van der Waals surface area (Å²) >= 11 is 0. The summed E-state index contributed by atoms with van der Waals surface area (Å²) in [6.07, 6.45) is 3.54. The molecule has 0 spiro atoms. The Morgan fingerprint density at radius 3 is 1.83 bits per heavy atom. The van der Waals surface area contributed by atoms with E-state index in [1.165, 1.54) is 0 Å². The van der Waals surface area contributed by atoms with Gasteiger partial charge in [-0.25, -0.2) is 0 Å². The van der Waals surface area contributed by atoms with Gasteiger partial charge in [0.25, 0.3) is 0 Å². The fourth-order valence-corrected chi connectivity index (χ4v) is 4.07. The predicted molar refractivity (Wildman–Crippen MR) is 117 cm³/mol. The van der Waals surface area contributed by atoms with Crippen LogP contribution in [-0.2, 0) is 0 Å². The second-order valence-electron chi connectivity index (χ2n) is 7.30. The van der Waals surface area contributed by atoms with Crippen LogP contribution in [0.15, 0.2) is 36.7 Å². The predicted octanol–water partition coefficient (Wildman–Crippen LogP) is 3.35. The topological polar surface area (TPSA) is 71.8 Å². The molecule has 3 rings (SSSR count). The van der Waals surface area contributed by atoms with E-state index in [0.29, 0.717) is 5.46 Å². The molecule has 0 unspecified atom stereocenters. The third-order valence-electron chi connectivity index (χ3n) is 5.24. The Balaban J connectivity index is 2.21. The molecule has 0 saturated heterocycles. The van der Waals surface area contributed by atoms with Crippen molar-refractivity contribution in [3.63, 3.8) is 0 Å². The molecule has 150 valence electrons. The van der Waals surface area contributed by atoms with E-state index in [2.05, 4.69) is 17.1 Å². The number of benzene rings is 2. The fraction of sp³-hybridized carbons (Fsp3) is 0.261. The maximum absolute atomic E-state index is 9.98. The summed E-state index contributed by atoms with van der Waals surface area (Å²) in [5, 5.41) is 20.0. The standard InChI is InChI=1S/C23H26BNO4/c1-13-7-17(8-14(2)22(13)28-5)18-10-19(12-25-11-18)21-16(4)23(29-6)15(3)9-20(21)24(26)27/h7-12,26-27H,1-6H3. The second kappa shape index (κ2) is 8.27. The molecule has 1 heterocycles. The van der Waals surface area contributed by atoms with Crippen molar-refractivity contribution in [2.75, 3.05) is 14.2 Å². The molecule has 2 aromatic carbocycles. The van der Waals surface area contributed by atoms with Gasteiger partial charge in [0.15, 0.2) is 0 Å². The van der Waals surface area contributed by atoms with E-state index in [1.54, 1.807) is 32.7 Å². The summed E-state index contributed by atoms with van der Waals surface area (Å²) in [4.78, 5) is 4.42. The van der Waals surface area contributed by atoms with Crippen LogP contribution >= 0.6 is 0 Å². The van der Waals surface area contributed by atoms with Crippen molar-refractivity contribution >= 4 is 12.6 Å². The van der Waals surface area contributed by atoms with Crippen molar-refractivity contribution in [3.8, 4) is 33.8 Å². The molecule has 29 heavy (non-hydrogen) atoms. The summed E-state index contributed by atoms with van der Waals surface area (Å²) < 4.78 is 11.0. The Kier molecular flexibility index (Phi) is 5.96. The van der Waals surface area contributed by atoms with Crippen LogP contribution in [0, 0.1) is 27.7 Å². The van der Waals surface area contributed by atoms with E-state index in [-0.39, 0.29) is 0 Å². The molecule has 0 atom stereocenters. The van der Waals surface area contributed by atoms with Gasteiger partial charge >= 0.3 is 7.12 Å². The Labute approximate surface area is 172 Å². The lowest BCUT2D eigenvalue weighted by Gasteiger charge is -2.19. The third kappa shape index (κ3) is 3.86. The maximum atomic E-state index is 9.98. The number of rotatable bonds is 5. The van der Waals surface area contributed by atoms with Crippen LogP contribution in [-0.4, -0.2) is 36.4 Å². The average molecular weight is 391 g/mol. The highest BCUT2D eigenvalue weighted by Gasteiger charge is 2.23.